The number of nitrogens with zero attached hydrogens (tertiary/aromatic N) is 5. The van der Waals surface area contributed by atoms with Gasteiger partial charge in [-0.1, -0.05) is 11.6 Å². The van der Waals surface area contributed by atoms with Crippen molar-refractivity contribution in [3.63, 3.8) is 0 Å². The largest absolute Gasteiger partial charge is 0.398 e. The molecule has 2 fully saturated rings. The first-order valence-corrected chi connectivity index (χ1v) is 11.6. The van der Waals surface area contributed by atoms with Crippen molar-refractivity contribution in [2.24, 2.45) is 5.73 Å². The van der Waals surface area contributed by atoms with Crippen molar-refractivity contribution >= 4 is 34.7 Å². The summed E-state index contributed by atoms with van der Waals surface area (Å²) in [7, 11) is 0. The first-order chi connectivity index (χ1) is 15.8. The molecule has 3 unspecified atom stereocenters. The zero-order valence-corrected chi connectivity index (χ0v) is 19.2. The van der Waals surface area contributed by atoms with Crippen LogP contribution in [0.2, 0.25) is 5.02 Å². The van der Waals surface area contributed by atoms with Crippen LogP contribution in [0.3, 0.4) is 0 Å². The molecule has 3 aromatic rings. The number of benzene rings is 1. The zero-order valence-electron chi connectivity index (χ0n) is 18.4. The van der Waals surface area contributed by atoms with Gasteiger partial charge in [-0.3, -0.25) is 4.79 Å². The molecular weight excluding hydrogens is 445 g/mol. The van der Waals surface area contributed by atoms with E-state index in [1.165, 1.54) is 0 Å². The quantitative estimate of drug-likeness (QED) is 0.568. The van der Waals surface area contributed by atoms with E-state index in [1.807, 2.05) is 29.0 Å². The second-order valence-electron chi connectivity index (χ2n) is 8.95. The Hall–Kier alpha value is -2.91. The van der Waals surface area contributed by atoms with E-state index in [1.54, 1.807) is 22.7 Å². The second kappa shape index (κ2) is 8.46. The predicted octanol–water partition coefficient (Wildman–Crippen LogP) is 3.13. The maximum Gasteiger partial charge on any atom is 0.256 e. The van der Waals surface area contributed by atoms with Crippen molar-refractivity contribution in [2.45, 2.75) is 44.4 Å². The first kappa shape index (κ1) is 21.9. The van der Waals surface area contributed by atoms with Crippen LogP contribution in [0.1, 0.15) is 46.9 Å². The Morgan fingerprint density at radius 3 is 2.82 bits per heavy atom. The van der Waals surface area contributed by atoms with Gasteiger partial charge in [0.2, 0.25) is 0 Å². The Kier molecular flexibility index (Phi) is 5.62. The van der Waals surface area contributed by atoms with Gasteiger partial charge in [-0.25, -0.2) is 13.9 Å². The summed E-state index contributed by atoms with van der Waals surface area (Å²) in [6.07, 6.45) is 3.53. The standard InChI is InChI=1S/C23H27ClFN7O/c1-13-10-32-21(28-22(13)30-11-16(25)18(27)12-30)9-19(29-32)20-4-2-3-7-31(20)23(33)15-8-14(24)5-6-17(15)26/h5-6,8-10,16,18,20H,2-4,7,11-12,26-27H2,1H3. The van der Waals surface area contributed by atoms with E-state index < -0.39 is 12.2 Å². The average Bonchev–Trinajstić information content (AvgIpc) is 3.36. The van der Waals surface area contributed by atoms with Gasteiger partial charge in [0.05, 0.1) is 29.9 Å². The molecule has 0 radical (unpaired) electrons. The average molecular weight is 472 g/mol. The number of piperidine rings is 1. The van der Waals surface area contributed by atoms with Crippen LogP contribution in [0.4, 0.5) is 15.9 Å². The molecule has 1 aromatic carbocycles. The van der Waals surface area contributed by atoms with Crippen LogP contribution in [0, 0.1) is 6.92 Å². The summed E-state index contributed by atoms with van der Waals surface area (Å²) in [4.78, 5) is 21.9. The molecule has 0 bridgehead atoms. The predicted molar refractivity (Wildman–Crippen MR) is 126 cm³/mol. The van der Waals surface area contributed by atoms with Crippen molar-refractivity contribution in [1.29, 1.82) is 0 Å². The Morgan fingerprint density at radius 1 is 1.24 bits per heavy atom. The molecule has 4 heterocycles. The lowest BCUT2D eigenvalue weighted by molar-refractivity contribution is 0.0607. The molecule has 2 saturated heterocycles. The number of likely N-dealkylation sites (tertiary alicyclic amines) is 1. The molecule has 0 spiro atoms. The van der Waals surface area contributed by atoms with Gasteiger partial charge in [-0.2, -0.15) is 5.10 Å². The third-order valence-corrected chi connectivity index (χ3v) is 6.80. The van der Waals surface area contributed by atoms with Crippen LogP contribution < -0.4 is 16.4 Å². The molecule has 1 amide bonds. The number of fused-ring (bicyclic) bond motifs is 1. The van der Waals surface area contributed by atoms with E-state index in [0.29, 0.717) is 40.8 Å². The van der Waals surface area contributed by atoms with Crippen molar-refractivity contribution < 1.29 is 9.18 Å². The number of carbonyl (C=O) groups excluding carboxylic acids is 1. The molecule has 3 atom stereocenters. The SMILES string of the molecule is Cc1cn2nc(C3CCCCN3C(=O)c3cc(Cl)ccc3N)cc2nc1N1CC(N)C(F)C1. The minimum Gasteiger partial charge on any atom is -0.398 e. The lowest BCUT2D eigenvalue weighted by atomic mass is 9.98. The Balaban J connectivity index is 1.48. The molecule has 0 saturated carbocycles. The van der Waals surface area contributed by atoms with Crippen LogP contribution in [-0.4, -0.2) is 57.3 Å². The lowest BCUT2D eigenvalue weighted by Crippen LogP contribution is -2.39. The fraction of sp³-hybridized carbons (Fsp3) is 0.435. The highest BCUT2D eigenvalue weighted by molar-refractivity contribution is 6.31. The van der Waals surface area contributed by atoms with Gasteiger partial charge in [0.1, 0.15) is 12.0 Å². The van der Waals surface area contributed by atoms with Gasteiger partial charge in [0.15, 0.2) is 5.65 Å². The van der Waals surface area contributed by atoms with Crippen LogP contribution in [0.25, 0.3) is 5.65 Å². The Labute approximate surface area is 196 Å². The highest BCUT2D eigenvalue weighted by Crippen LogP contribution is 2.34. The van der Waals surface area contributed by atoms with Gasteiger partial charge < -0.3 is 21.3 Å². The minimum atomic E-state index is -1.07. The van der Waals surface area contributed by atoms with Gasteiger partial charge >= 0.3 is 0 Å². The highest BCUT2D eigenvalue weighted by atomic mass is 35.5. The number of anilines is 2. The van der Waals surface area contributed by atoms with E-state index in [0.717, 1.165) is 30.5 Å². The maximum absolute atomic E-state index is 14.0. The number of halogens is 2. The van der Waals surface area contributed by atoms with Crippen molar-refractivity contribution in [1.82, 2.24) is 19.5 Å². The van der Waals surface area contributed by atoms with Gasteiger partial charge in [0, 0.05) is 41.6 Å². The number of hydrogen-bond donors (Lipinski definition) is 2. The normalized spacial score (nSPS) is 23.5. The zero-order chi connectivity index (χ0) is 23.3. The summed E-state index contributed by atoms with van der Waals surface area (Å²) < 4.78 is 15.7. The van der Waals surface area contributed by atoms with Crippen LogP contribution in [-0.2, 0) is 0 Å². The topological polar surface area (TPSA) is 106 Å². The van der Waals surface area contributed by atoms with Gasteiger partial charge in [0.25, 0.3) is 5.91 Å². The smallest absolute Gasteiger partial charge is 0.256 e. The fourth-order valence-electron chi connectivity index (χ4n) is 4.82. The molecule has 2 aliphatic rings. The molecule has 8 nitrogen and oxygen atoms in total. The molecule has 2 aromatic heterocycles. The molecular formula is C23H27ClFN7O. The summed E-state index contributed by atoms with van der Waals surface area (Å²) in [5, 5.41) is 5.22. The van der Waals surface area contributed by atoms with Crippen molar-refractivity contribution in [3.05, 3.63) is 52.3 Å². The van der Waals surface area contributed by atoms with E-state index in [-0.39, 0.29) is 18.5 Å². The number of hydrogen-bond acceptors (Lipinski definition) is 6. The Morgan fingerprint density at radius 2 is 2.06 bits per heavy atom. The number of amides is 1. The second-order valence-corrected chi connectivity index (χ2v) is 9.38. The van der Waals surface area contributed by atoms with Crippen LogP contribution in [0.5, 0.6) is 0 Å². The number of aromatic nitrogens is 3. The highest BCUT2D eigenvalue weighted by Gasteiger charge is 2.33. The number of aryl methyl sites for hydroxylation is 1. The molecule has 10 heteroatoms. The molecule has 0 aliphatic carbocycles. The molecule has 33 heavy (non-hydrogen) atoms. The molecule has 174 valence electrons. The first-order valence-electron chi connectivity index (χ1n) is 11.2. The number of nitrogens with two attached hydrogens (primary N) is 2. The molecule has 4 N–H and O–H groups in total. The third kappa shape index (κ3) is 4.00. The van der Waals surface area contributed by atoms with E-state index in [9.17, 15) is 9.18 Å². The number of carbonyl (C=O) groups is 1. The Bertz CT molecular complexity index is 1200. The maximum atomic E-state index is 14.0. The number of nitrogen functional groups attached to an aromatic ring is 1. The van der Waals surface area contributed by atoms with Gasteiger partial charge in [-0.05, 0) is 44.4 Å². The van der Waals surface area contributed by atoms with Crippen LogP contribution in [0.15, 0.2) is 30.5 Å². The van der Waals surface area contributed by atoms with E-state index >= 15 is 0 Å². The summed E-state index contributed by atoms with van der Waals surface area (Å²) in [6.45, 7) is 3.21. The van der Waals surface area contributed by atoms with Crippen LogP contribution >= 0.6 is 11.6 Å². The van der Waals surface area contributed by atoms with Gasteiger partial charge in [-0.15, -0.1) is 0 Å². The fourth-order valence-corrected chi connectivity index (χ4v) is 4.99. The van der Waals surface area contributed by atoms with E-state index in [4.69, 9.17) is 33.2 Å². The summed E-state index contributed by atoms with van der Waals surface area (Å²) in [5.41, 5.74) is 15.1. The number of rotatable bonds is 3. The summed E-state index contributed by atoms with van der Waals surface area (Å²) in [6, 6.07) is 6.15. The van der Waals surface area contributed by atoms with Crippen molar-refractivity contribution in [3.8, 4) is 0 Å². The van der Waals surface area contributed by atoms with E-state index in [2.05, 4.69) is 0 Å². The molecule has 5 rings (SSSR count). The third-order valence-electron chi connectivity index (χ3n) is 6.56. The number of alkyl halides is 1. The lowest BCUT2D eigenvalue weighted by Gasteiger charge is -2.35. The summed E-state index contributed by atoms with van der Waals surface area (Å²) in [5.74, 6) is 0.564. The minimum absolute atomic E-state index is 0.151. The molecule has 2 aliphatic heterocycles. The monoisotopic (exact) mass is 471 g/mol. The van der Waals surface area contributed by atoms with Crippen molar-refractivity contribution in [2.75, 3.05) is 30.3 Å². The summed E-state index contributed by atoms with van der Waals surface area (Å²) >= 11 is 6.12.